The van der Waals surface area contributed by atoms with Gasteiger partial charge in [-0.15, -0.1) is 11.3 Å². The van der Waals surface area contributed by atoms with Gasteiger partial charge in [-0.05, 0) is 49.0 Å². The molecule has 2 fully saturated rings. The molecule has 0 bridgehead atoms. The van der Waals surface area contributed by atoms with Crippen LogP contribution < -0.4 is 5.32 Å². The van der Waals surface area contributed by atoms with Crippen molar-refractivity contribution in [1.82, 2.24) is 10.2 Å². The first kappa shape index (κ1) is 15.5. The maximum absolute atomic E-state index is 12.4. The van der Waals surface area contributed by atoms with Crippen LogP contribution in [-0.2, 0) is 16.0 Å². The fraction of sp³-hybridized carbons (Fsp3) is 0.647. The molecular formula is C17H24N2O2S. The lowest BCUT2D eigenvalue weighted by Crippen LogP contribution is -2.38. The first-order valence-electron chi connectivity index (χ1n) is 8.18. The summed E-state index contributed by atoms with van der Waals surface area (Å²) in [4.78, 5) is 27.1. The van der Waals surface area contributed by atoms with E-state index >= 15 is 0 Å². The number of aryl methyl sites for hydroxylation is 1. The predicted molar refractivity (Wildman–Crippen MR) is 87.7 cm³/mol. The molecule has 1 aliphatic carbocycles. The maximum Gasteiger partial charge on any atom is 0.222 e. The minimum absolute atomic E-state index is 0.173. The number of carbonyl (C=O) groups is 2. The number of thiophene rings is 1. The highest BCUT2D eigenvalue weighted by Gasteiger charge is 2.40. The molecule has 1 aromatic rings. The molecule has 0 aromatic carbocycles. The number of nitrogens with zero attached hydrogens (tertiary/aromatic N) is 1. The standard InChI is InChI=1S/C17H24N2O2S/c1-19(17(21)6-2-4-15-5-3-7-22-15)14-8-12-10-16(20)18-11-13(12)9-14/h3,5,7,12-14H,2,4,6,8-11H2,1H3,(H,18,20)/t12-,13+,14-/m1/s1. The zero-order chi connectivity index (χ0) is 15.5. The monoisotopic (exact) mass is 320 g/mol. The highest BCUT2D eigenvalue weighted by Crippen LogP contribution is 2.38. The van der Waals surface area contributed by atoms with E-state index in [2.05, 4.69) is 22.8 Å². The van der Waals surface area contributed by atoms with Crippen molar-refractivity contribution in [2.24, 2.45) is 11.8 Å². The molecule has 1 saturated carbocycles. The van der Waals surface area contributed by atoms with E-state index in [-0.39, 0.29) is 11.8 Å². The van der Waals surface area contributed by atoms with Gasteiger partial charge in [0.15, 0.2) is 0 Å². The Morgan fingerprint density at radius 1 is 1.41 bits per heavy atom. The lowest BCUT2D eigenvalue weighted by molar-refractivity contribution is -0.132. The van der Waals surface area contributed by atoms with E-state index in [0.29, 0.717) is 30.7 Å². The fourth-order valence-electron chi connectivity index (χ4n) is 3.80. The van der Waals surface area contributed by atoms with E-state index in [1.165, 1.54) is 4.88 Å². The minimum Gasteiger partial charge on any atom is -0.356 e. The Kier molecular flexibility index (Phi) is 4.81. The van der Waals surface area contributed by atoms with Gasteiger partial charge in [0.25, 0.3) is 0 Å². The van der Waals surface area contributed by atoms with Gasteiger partial charge in [0.1, 0.15) is 0 Å². The summed E-state index contributed by atoms with van der Waals surface area (Å²) in [6.45, 7) is 0.792. The Bertz CT molecular complexity index is 529. The first-order valence-corrected chi connectivity index (χ1v) is 9.06. The number of piperidine rings is 1. The van der Waals surface area contributed by atoms with Crippen molar-refractivity contribution in [2.45, 2.75) is 44.6 Å². The van der Waals surface area contributed by atoms with Crippen molar-refractivity contribution in [3.05, 3.63) is 22.4 Å². The Hall–Kier alpha value is -1.36. The van der Waals surface area contributed by atoms with Gasteiger partial charge < -0.3 is 10.2 Å². The SMILES string of the molecule is CN(C(=O)CCCc1cccs1)[C@H]1C[C@H]2CNC(=O)C[C@H]2C1. The Morgan fingerprint density at radius 2 is 2.23 bits per heavy atom. The molecule has 1 N–H and O–H groups in total. The molecule has 2 amide bonds. The number of rotatable bonds is 5. The van der Waals surface area contributed by atoms with E-state index in [4.69, 9.17) is 0 Å². The van der Waals surface area contributed by atoms with Gasteiger partial charge >= 0.3 is 0 Å². The van der Waals surface area contributed by atoms with Gasteiger partial charge in [-0.2, -0.15) is 0 Å². The van der Waals surface area contributed by atoms with Crippen LogP contribution in [0.1, 0.15) is 37.0 Å². The second-order valence-electron chi connectivity index (χ2n) is 6.59. The highest BCUT2D eigenvalue weighted by molar-refractivity contribution is 7.09. The number of amides is 2. The topological polar surface area (TPSA) is 49.4 Å². The summed E-state index contributed by atoms with van der Waals surface area (Å²) >= 11 is 1.76. The summed E-state index contributed by atoms with van der Waals surface area (Å²) in [6.07, 6.45) is 5.21. The van der Waals surface area contributed by atoms with E-state index in [1.54, 1.807) is 11.3 Å². The summed E-state index contributed by atoms with van der Waals surface area (Å²) in [5.41, 5.74) is 0. The largest absolute Gasteiger partial charge is 0.356 e. The molecule has 3 rings (SSSR count). The van der Waals surface area contributed by atoms with Crippen LogP contribution in [0.3, 0.4) is 0 Å². The third-order valence-corrected chi connectivity index (χ3v) is 6.10. The first-order chi connectivity index (χ1) is 10.6. The summed E-state index contributed by atoms with van der Waals surface area (Å²) in [5, 5.41) is 5.03. The summed E-state index contributed by atoms with van der Waals surface area (Å²) < 4.78 is 0. The molecule has 0 spiro atoms. The van der Waals surface area contributed by atoms with Crippen molar-refractivity contribution in [3.8, 4) is 0 Å². The number of fused-ring (bicyclic) bond motifs is 1. The van der Waals surface area contributed by atoms with Crippen LogP contribution in [0.5, 0.6) is 0 Å². The Labute approximate surface area is 135 Å². The van der Waals surface area contributed by atoms with E-state index in [9.17, 15) is 9.59 Å². The molecule has 1 aromatic heterocycles. The summed E-state index contributed by atoms with van der Waals surface area (Å²) in [7, 11) is 1.94. The van der Waals surface area contributed by atoms with Gasteiger partial charge in [0.2, 0.25) is 11.8 Å². The summed E-state index contributed by atoms with van der Waals surface area (Å²) in [6, 6.07) is 4.51. The molecule has 3 atom stereocenters. The van der Waals surface area contributed by atoms with Crippen molar-refractivity contribution in [2.75, 3.05) is 13.6 Å². The van der Waals surface area contributed by atoms with Crippen LogP contribution in [0.4, 0.5) is 0 Å². The van der Waals surface area contributed by atoms with E-state index in [1.807, 2.05) is 11.9 Å². The quantitative estimate of drug-likeness (QED) is 0.906. The average molecular weight is 320 g/mol. The molecule has 22 heavy (non-hydrogen) atoms. The second kappa shape index (κ2) is 6.82. The predicted octanol–water partition coefficient (Wildman–Crippen LogP) is 2.44. The zero-order valence-electron chi connectivity index (χ0n) is 13.1. The van der Waals surface area contributed by atoms with Gasteiger partial charge in [-0.25, -0.2) is 0 Å². The van der Waals surface area contributed by atoms with E-state index < -0.39 is 0 Å². The molecule has 0 radical (unpaired) electrons. The number of carbonyl (C=O) groups excluding carboxylic acids is 2. The zero-order valence-corrected chi connectivity index (χ0v) is 13.9. The van der Waals surface area contributed by atoms with Crippen LogP contribution in [0.25, 0.3) is 0 Å². The van der Waals surface area contributed by atoms with Crippen molar-refractivity contribution in [3.63, 3.8) is 0 Å². The van der Waals surface area contributed by atoms with Crippen LogP contribution in [0, 0.1) is 11.8 Å². The molecule has 0 unspecified atom stereocenters. The van der Waals surface area contributed by atoms with Crippen LogP contribution in [-0.4, -0.2) is 36.3 Å². The number of hydrogen-bond acceptors (Lipinski definition) is 3. The van der Waals surface area contributed by atoms with Gasteiger partial charge in [0, 0.05) is 37.4 Å². The number of nitrogens with one attached hydrogen (secondary N) is 1. The molecule has 1 aliphatic heterocycles. The molecule has 4 nitrogen and oxygen atoms in total. The molecule has 1 saturated heterocycles. The Balaban J connectivity index is 1.45. The van der Waals surface area contributed by atoms with Crippen molar-refractivity contribution >= 4 is 23.2 Å². The van der Waals surface area contributed by atoms with Crippen molar-refractivity contribution < 1.29 is 9.59 Å². The smallest absolute Gasteiger partial charge is 0.222 e. The second-order valence-corrected chi connectivity index (χ2v) is 7.62. The van der Waals surface area contributed by atoms with Crippen LogP contribution >= 0.6 is 11.3 Å². The maximum atomic E-state index is 12.4. The van der Waals surface area contributed by atoms with Gasteiger partial charge in [0.05, 0.1) is 0 Å². The molecule has 5 heteroatoms. The van der Waals surface area contributed by atoms with Crippen molar-refractivity contribution in [1.29, 1.82) is 0 Å². The van der Waals surface area contributed by atoms with Crippen LogP contribution in [0.2, 0.25) is 0 Å². The molecule has 2 heterocycles. The lowest BCUT2D eigenvalue weighted by atomic mass is 9.89. The Morgan fingerprint density at radius 3 is 3.00 bits per heavy atom. The average Bonchev–Trinajstić information content (AvgIpc) is 3.14. The minimum atomic E-state index is 0.173. The lowest BCUT2D eigenvalue weighted by Gasteiger charge is -2.25. The third kappa shape index (κ3) is 3.51. The highest BCUT2D eigenvalue weighted by atomic mass is 32.1. The molecular weight excluding hydrogens is 296 g/mol. The van der Waals surface area contributed by atoms with Gasteiger partial charge in [-0.1, -0.05) is 6.07 Å². The van der Waals surface area contributed by atoms with Gasteiger partial charge in [-0.3, -0.25) is 9.59 Å². The molecule has 120 valence electrons. The number of hydrogen-bond donors (Lipinski definition) is 1. The fourth-order valence-corrected chi connectivity index (χ4v) is 4.55. The third-order valence-electron chi connectivity index (χ3n) is 5.16. The normalized spacial score (nSPS) is 27.3. The summed E-state index contributed by atoms with van der Waals surface area (Å²) in [5.74, 6) is 1.45. The van der Waals surface area contributed by atoms with Crippen LogP contribution in [0.15, 0.2) is 17.5 Å². The van der Waals surface area contributed by atoms with E-state index in [0.717, 1.165) is 32.2 Å². The molecule has 2 aliphatic rings.